The number of hydrogen-bond acceptors (Lipinski definition) is 3. The van der Waals surface area contributed by atoms with Crippen molar-refractivity contribution in [3.05, 3.63) is 17.7 Å². The van der Waals surface area contributed by atoms with Crippen LogP contribution in [-0.4, -0.2) is 34.8 Å². The molecule has 7 heteroatoms. The van der Waals surface area contributed by atoms with Crippen molar-refractivity contribution >= 4 is 0 Å². The Labute approximate surface area is 140 Å². The van der Waals surface area contributed by atoms with Gasteiger partial charge in [-0.15, -0.1) is 0 Å². The number of likely N-dealkylation sites (N-methyl/N-ethyl adjacent to an activating group) is 1. The van der Waals surface area contributed by atoms with Crippen molar-refractivity contribution in [2.24, 2.45) is 0 Å². The molecule has 0 spiro atoms. The highest BCUT2D eigenvalue weighted by Gasteiger charge is 2.53. The van der Waals surface area contributed by atoms with Crippen LogP contribution in [0.15, 0.2) is 6.20 Å². The van der Waals surface area contributed by atoms with Crippen LogP contribution in [0.25, 0.3) is 0 Å². The highest BCUT2D eigenvalue weighted by molar-refractivity contribution is 5.22. The van der Waals surface area contributed by atoms with Crippen LogP contribution in [0.1, 0.15) is 64.0 Å². The van der Waals surface area contributed by atoms with Gasteiger partial charge >= 0.3 is 6.18 Å². The zero-order valence-electron chi connectivity index (χ0n) is 14.5. The second-order valence-electron chi connectivity index (χ2n) is 7.48. The first-order valence-electron chi connectivity index (χ1n) is 8.73. The molecule has 24 heavy (non-hydrogen) atoms. The second-order valence-corrected chi connectivity index (χ2v) is 7.48. The van der Waals surface area contributed by atoms with Gasteiger partial charge in [0.15, 0.2) is 5.69 Å². The summed E-state index contributed by atoms with van der Waals surface area (Å²) in [7, 11) is 0. The molecule has 2 saturated heterocycles. The number of imidazole rings is 1. The van der Waals surface area contributed by atoms with Gasteiger partial charge in [0.2, 0.25) is 0 Å². The standard InChI is InChI=1S/C17H26F3N3O/c1-4-21-10-16-7-5-15(6-8-16,11-24-16)14-22-13(17(18,19)20)9-23(14)12(2)3/h9,12,21H,4-8,10-11H2,1-3H3. The first-order valence-corrected chi connectivity index (χ1v) is 8.73. The number of ether oxygens (including phenoxy) is 1. The first-order chi connectivity index (χ1) is 11.2. The van der Waals surface area contributed by atoms with Crippen molar-refractivity contribution in [3.63, 3.8) is 0 Å². The van der Waals surface area contributed by atoms with Crippen molar-refractivity contribution in [1.29, 1.82) is 0 Å². The molecule has 0 aromatic carbocycles. The van der Waals surface area contributed by atoms with Crippen LogP contribution in [0.3, 0.4) is 0 Å². The highest BCUT2D eigenvalue weighted by Crippen LogP contribution is 2.50. The van der Waals surface area contributed by atoms with E-state index in [-0.39, 0.29) is 17.1 Å². The van der Waals surface area contributed by atoms with Crippen LogP contribution in [0.5, 0.6) is 0 Å². The van der Waals surface area contributed by atoms with Gasteiger partial charge in [-0.2, -0.15) is 13.2 Å². The molecule has 2 bridgehead atoms. The number of nitrogens with zero attached hydrogens (tertiary/aromatic N) is 2. The molecule has 1 saturated carbocycles. The van der Waals surface area contributed by atoms with E-state index >= 15 is 0 Å². The first kappa shape index (κ1) is 17.7. The van der Waals surface area contributed by atoms with Crippen LogP contribution in [0.2, 0.25) is 0 Å². The van der Waals surface area contributed by atoms with Crippen molar-refractivity contribution in [2.75, 3.05) is 19.7 Å². The molecule has 3 aliphatic rings. The Morgan fingerprint density at radius 2 is 1.96 bits per heavy atom. The Hall–Kier alpha value is -1.08. The third-order valence-electron chi connectivity index (χ3n) is 5.52. The molecule has 4 rings (SSSR count). The van der Waals surface area contributed by atoms with E-state index in [1.165, 1.54) is 0 Å². The average molecular weight is 345 g/mol. The Morgan fingerprint density at radius 1 is 1.29 bits per heavy atom. The number of fused-ring (bicyclic) bond motifs is 3. The molecule has 0 radical (unpaired) electrons. The molecule has 1 aromatic heterocycles. The Kier molecular flexibility index (Phi) is 4.45. The minimum absolute atomic E-state index is 0.0617. The molecule has 1 aliphatic carbocycles. The van der Waals surface area contributed by atoms with E-state index in [2.05, 4.69) is 17.2 Å². The highest BCUT2D eigenvalue weighted by atomic mass is 19.4. The van der Waals surface area contributed by atoms with Crippen LogP contribution in [0.4, 0.5) is 13.2 Å². The predicted octanol–water partition coefficient (Wildman–Crippen LogP) is 3.67. The van der Waals surface area contributed by atoms with Gasteiger partial charge < -0.3 is 14.6 Å². The van der Waals surface area contributed by atoms with Gasteiger partial charge in [0.05, 0.1) is 17.6 Å². The number of hydrogen-bond donors (Lipinski definition) is 1. The number of alkyl halides is 3. The lowest BCUT2D eigenvalue weighted by atomic mass is 9.65. The molecule has 0 unspecified atom stereocenters. The molecule has 0 amide bonds. The molecule has 3 fully saturated rings. The normalized spacial score (nSPS) is 30.3. The maximum atomic E-state index is 13.1. The molecular formula is C17H26F3N3O. The van der Waals surface area contributed by atoms with Crippen LogP contribution in [0, 0.1) is 0 Å². The van der Waals surface area contributed by atoms with Crippen LogP contribution < -0.4 is 5.32 Å². The summed E-state index contributed by atoms with van der Waals surface area (Å²) in [4.78, 5) is 4.02. The van der Waals surface area contributed by atoms with Gasteiger partial charge in [-0.1, -0.05) is 6.92 Å². The fraction of sp³-hybridized carbons (Fsp3) is 0.824. The number of aromatic nitrogens is 2. The van der Waals surface area contributed by atoms with Gasteiger partial charge in [-0.3, -0.25) is 0 Å². The number of nitrogens with one attached hydrogen (secondary N) is 1. The molecule has 4 nitrogen and oxygen atoms in total. The lowest BCUT2D eigenvalue weighted by Gasteiger charge is -2.53. The summed E-state index contributed by atoms with van der Waals surface area (Å²) in [6, 6.07) is -0.0617. The van der Waals surface area contributed by atoms with Crippen molar-refractivity contribution in [3.8, 4) is 0 Å². The van der Waals surface area contributed by atoms with E-state index < -0.39 is 11.9 Å². The lowest BCUT2D eigenvalue weighted by Crippen LogP contribution is -2.57. The number of halogens is 3. The van der Waals surface area contributed by atoms with Gasteiger partial charge in [0.1, 0.15) is 5.82 Å². The number of rotatable bonds is 5. The van der Waals surface area contributed by atoms with Crippen LogP contribution >= 0.6 is 0 Å². The maximum Gasteiger partial charge on any atom is 0.434 e. The van der Waals surface area contributed by atoms with E-state index in [1.54, 1.807) is 4.57 Å². The summed E-state index contributed by atoms with van der Waals surface area (Å²) in [6.45, 7) is 8.01. The van der Waals surface area contributed by atoms with Crippen molar-refractivity contribution in [1.82, 2.24) is 14.9 Å². The monoisotopic (exact) mass is 345 g/mol. The third kappa shape index (κ3) is 2.96. The SMILES string of the molecule is CCNCC12CCC(c3nc(C(F)(F)F)cn3C(C)C)(CC1)CO2. The zero-order valence-corrected chi connectivity index (χ0v) is 14.5. The molecule has 136 valence electrons. The molecule has 0 atom stereocenters. The van der Waals surface area contributed by atoms with Gasteiger partial charge in [0, 0.05) is 18.8 Å². The van der Waals surface area contributed by atoms with Gasteiger partial charge in [-0.25, -0.2) is 4.98 Å². The van der Waals surface area contributed by atoms with E-state index in [4.69, 9.17) is 4.74 Å². The largest absolute Gasteiger partial charge is 0.434 e. The summed E-state index contributed by atoms with van der Waals surface area (Å²) in [5.41, 5.74) is -1.34. The van der Waals surface area contributed by atoms with E-state index in [1.807, 2.05) is 13.8 Å². The topological polar surface area (TPSA) is 39.1 Å². The van der Waals surface area contributed by atoms with Gasteiger partial charge in [0.25, 0.3) is 0 Å². The quantitative estimate of drug-likeness (QED) is 0.885. The fourth-order valence-electron chi connectivity index (χ4n) is 3.95. The lowest BCUT2D eigenvalue weighted by molar-refractivity contribution is -0.157. The van der Waals surface area contributed by atoms with E-state index in [9.17, 15) is 13.2 Å². The summed E-state index contributed by atoms with van der Waals surface area (Å²) >= 11 is 0. The third-order valence-corrected chi connectivity index (χ3v) is 5.52. The molecule has 2 aliphatic heterocycles. The van der Waals surface area contributed by atoms with Crippen molar-refractivity contribution < 1.29 is 17.9 Å². The van der Waals surface area contributed by atoms with Gasteiger partial charge in [-0.05, 0) is 46.1 Å². The summed E-state index contributed by atoms with van der Waals surface area (Å²) in [5, 5.41) is 3.35. The molecule has 1 N–H and O–H groups in total. The average Bonchev–Trinajstić information content (AvgIpc) is 3.01. The predicted molar refractivity (Wildman–Crippen MR) is 85.0 cm³/mol. The second kappa shape index (κ2) is 6.02. The van der Waals surface area contributed by atoms with E-state index in [0.29, 0.717) is 12.4 Å². The smallest absolute Gasteiger partial charge is 0.373 e. The minimum Gasteiger partial charge on any atom is -0.373 e. The Balaban J connectivity index is 1.89. The zero-order chi connectivity index (χ0) is 17.6. The van der Waals surface area contributed by atoms with Crippen LogP contribution in [-0.2, 0) is 16.3 Å². The molecule has 3 heterocycles. The summed E-state index contributed by atoms with van der Waals surface area (Å²) in [6.07, 6.45) is 0.145. The molecule has 1 aromatic rings. The minimum atomic E-state index is -4.41. The fourth-order valence-corrected chi connectivity index (χ4v) is 3.95. The summed E-state index contributed by atoms with van der Waals surface area (Å²) < 4.78 is 47.3. The summed E-state index contributed by atoms with van der Waals surface area (Å²) in [5.74, 6) is 0.543. The van der Waals surface area contributed by atoms with E-state index in [0.717, 1.165) is 45.0 Å². The Morgan fingerprint density at radius 3 is 2.42 bits per heavy atom. The maximum absolute atomic E-state index is 13.1. The molecular weight excluding hydrogens is 319 g/mol. The Bertz CT molecular complexity index is 570. The van der Waals surface area contributed by atoms with Crippen molar-refractivity contribution in [2.45, 2.75) is 69.7 Å².